The van der Waals surface area contributed by atoms with E-state index in [1.54, 1.807) is 6.20 Å². The number of halogens is 1. The van der Waals surface area contributed by atoms with Crippen LogP contribution in [0.5, 0.6) is 0 Å². The first-order chi connectivity index (χ1) is 6.33. The second-order valence-corrected chi connectivity index (χ2v) is 3.47. The molecule has 1 aliphatic rings. The quantitative estimate of drug-likeness (QED) is 0.759. The maximum absolute atomic E-state index is 5.95. The Morgan fingerprint density at radius 1 is 1.69 bits per heavy atom. The van der Waals surface area contributed by atoms with Crippen LogP contribution in [0.4, 0.5) is 5.82 Å². The van der Waals surface area contributed by atoms with Gasteiger partial charge in [-0.05, 0) is 6.42 Å². The number of hydrogen-bond acceptors (Lipinski definition) is 4. The molecule has 2 N–H and O–H groups in total. The largest absolute Gasteiger partial charge is 0.351 e. The monoisotopic (exact) mass is 198 g/mol. The van der Waals surface area contributed by atoms with Gasteiger partial charge in [0, 0.05) is 19.1 Å². The van der Waals surface area contributed by atoms with Gasteiger partial charge in [-0.15, -0.1) is 0 Å². The normalized spacial score (nSPS) is 21.4. The van der Waals surface area contributed by atoms with Gasteiger partial charge in [0.25, 0.3) is 0 Å². The second-order valence-electron chi connectivity index (χ2n) is 3.07. The van der Waals surface area contributed by atoms with Crippen molar-refractivity contribution < 1.29 is 0 Å². The SMILES string of the molecule is NCC1CCN1c1ncncc1Cl. The average molecular weight is 199 g/mol. The van der Waals surface area contributed by atoms with Crippen LogP contribution in [-0.2, 0) is 0 Å². The maximum atomic E-state index is 5.95. The predicted molar refractivity (Wildman–Crippen MR) is 51.8 cm³/mol. The lowest BCUT2D eigenvalue weighted by Gasteiger charge is -2.41. The molecule has 1 fully saturated rings. The van der Waals surface area contributed by atoms with Crippen LogP contribution in [0.2, 0.25) is 5.02 Å². The smallest absolute Gasteiger partial charge is 0.151 e. The van der Waals surface area contributed by atoms with Gasteiger partial charge >= 0.3 is 0 Å². The summed E-state index contributed by atoms with van der Waals surface area (Å²) in [5.41, 5.74) is 5.58. The molecule has 0 aromatic carbocycles. The number of rotatable bonds is 2. The standard InChI is InChI=1S/C8H11ClN4/c9-7-4-11-5-12-8(7)13-2-1-6(13)3-10/h4-6H,1-3,10H2. The molecule has 1 aromatic heterocycles. The number of nitrogens with zero attached hydrogens (tertiary/aromatic N) is 3. The molecule has 13 heavy (non-hydrogen) atoms. The Bertz CT molecular complexity index is 302. The van der Waals surface area contributed by atoms with Gasteiger partial charge < -0.3 is 10.6 Å². The molecule has 0 spiro atoms. The van der Waals surface area contributed by atoms with Crippen LogP contribution in [0.3, 0.4) is 0 Å². The highest BCUT2D eigenvalue weighted by atomic mass is 35.5. The fraction of sp³-hybridized carbons (Fsp3) is 0.500. The van der Waals surface area contributed by atoms with Crippen molar-refractivity contribution in [1.82, 2.24) is 9.97 Å². The number of anilines is 1. The van der Waals surface area contributed by atoms with Gasteiger partial charge in [0.1, 0.15) is 11.3 Å². The van der Waals surface area contributed by atoms with E-state index in [-0.39, 0.29) is 0 Å². The Labute approximate surface area is 81.7 Å². The fourth-order valence-electron chi connectivity index (χ4n) is 1.48. The Hall–Kier alpha value is -0.870. The van der Waals surface area contributed by atoms with Gasteiger partial charge in [0.2, 0.25) is 0 Å². The maximum Gasteiger partial charge on any atom is 0.151 e. The van der Waals surface area contributed by atoms with Crippen molar-refractivity contribution in [3.05, 3.63) is 17.5 Å². The molecule has 0 radical (unpaired) electrons. The first-order valence-corrected chi connectivity index (χ1v) is 4.63. The third-order valence-electron chi connectivity index (χ3n) is 2.34. The van der Waals surface area contributed by atoms with Crippen molar-refractivity contribution in [3.63, 3.8) is 0 Å². The zero-order valence-corrected chi connectivity index (χ0v) is 7.91. The molecule has 5 heteroatoms. The van der Waals surface area contributed by atoms with Crippen LogP contribution in [0.1, 0.15) is 6.42 Å². The first kappa shape index (κ1) is 8.72. The van der Waals surface area contributed by atoms with E-state index in [4.69, 9.17) is 17.3 Å². The minimum atomic E-state index is 0.396. The molecule has 2 rings (SSSR count). The summed E-state index contributed by atoms with van der Waals surface area (Å²) in [5, 5.41) is 0.598. The van der Waals surface area contributed by atoms with Crippen molar-refractivity contribution >= 4 is 17.4 Å². The summed E-state index contributed by atoms with van der Waals surface area (Å²) >= 11 is 5.95. The van der Waals surface area contributed by atoms with Crippen LogP contribution in [0.15, 0.2) is 12.5 Å². The highest BCUT2D eigenvalue weighted by molar-refractivity contribution is 6.32. The predicted octanol–water partition coefficient (Wildman–Crippen LogP) is 0.667. The molecular formula is C8H11ClN4. The summed E-state index contributed by atoms with van der Waals surface area (Å²) < 4.78 is 0. The minimum absolute atomic E-state index is 0.396. The third kappa shape index (κ3) is 1.47. The van der Waals surface area contributed by atoms with Crippen molar-refractivity contribution in [3.8, 4) is 0 Å². The van der Waals surface area contributed by atoms with Gasteiger partial charge in [-0.3, -0.25) is 0 Å². The molecule has 1 aromatic rings. The molecule has 1 atom stereocenters. The Morgan fingerprint density at radius 2 is 2.54 bits per heavy atom. The van der Waals surface area contributed by atoms with Gasteiger partial charge in [-0.25, -0.2) is 9.97 Å². The fourth-order valence-corrected chi connectivity index (χ4v) is 1.70. The van der Waals surface area contributed by atoms with Crippen molar-refractivity contribution in [2.45, 2.75) is 12.5 Å². The molecule has 0 amide bonds. The van der Waals surface area contributed by atoms with Crippen LogP contribution in [0.25, 0.3) is 0 Å². The third-order valence-corrected chi connectivity index (χ3v) is 2.60. The van der Waals surface area contributed by atoms with Gasteiger partial charge in [-0.1, -0.05) is 11.6 Å². The molecule has 1 unspecified atom stereocenters. The van der Waals surface area contributed by atoms with Crippen LogP contribution in [0, 0.1) is 0 Å². The number of aromatic nitrogens is 2. The van der Waals surface area contributed by atoms with E-state index in [2.05, 4.69) is 14.9 Å². The topological polar surface area (TPSA) is 55.0 Å². The number of hydrogen-bond donors (Lipinski definition) is 1. The lowest BCUT2D eigenvalue weighted by atomic mass is 10.0. The molecule has 2 heterocycles. The highest BCUT2D eigenvalue weighted by Crippen LogP contribution is 2.29. The summed E-state index contributed by atoms with van der Waals surface area (Å²) in [5.74, 6) is 0.804. The zero-order chi connectivity index (χ0) is 9.26. The molecular weight excluding hydrogens is 188 g/mol. The molecule has 0 saturated carbocycles. The zero-order valence-electron chi connectivity index (χ0n) is 7.15. The second kappa shape index (κ2) is 3.47. The molecule has 70 valence electrons. The van der Waals surface area contributed by atoms with Crippen LogP contribution < -0.4 is 10.6 Å². The van der Waals surface area contributed by atoms with E-state index in [0.29, 0.717) is 17.6 Å². The Balaban J connectivity index is 2.21. The summed E-state index contributed by atoms with van der Waals surface area (Å²) in [6, 6.07) is 0.396. The van der Waals surface area contributed by atoms with Crippen LogP contribution in [-0.4, -0.2) is 29.1 Å². The van der Waals surface area contributed by atoms with E-state index in [0.717, 1.165) is 18.8 Å². The van der Waals surface area contributed by atoms with Gasteiger partial charge in [0.05, 0.1) is 6.20 Å². The van der Waals surface area contributed by atoms with E-state index in [1.165, 1.54) is 6.33 Å². The average Bonchev–Trinajstić information content (AvgIpc) is 2.08. The molecule has 0 aliphatic carbocycles. The Kier molecular flexibility index (Phi) is 2.33. The van der Waals surface area contributed by atoms with Crippen LogP contribution >= 0.6 is 11.6 Å². The van der Waals surface area contributed by atoms with Crippen molar-refractivity contribution in [2.75, 3.05) is 18.0 Å². The van der Waals surface area contributed by atoms with Gasteiger partial charge in [0.15, 0.2) is 5.82 Å². The number of nitrogens with two attached hydrogens (primary N) is 1. The summed E-state index contributed by atoms with van der Waals surface area (Å²) in [6.07, 6.45) is 4.24. The highest BCUT2D eigenvalue weighted by Gasteiger charge is 2.28. The van der Waals surface area contributed by atoms with E-state index < -0.39 is 0 Å². The molecule has 0 bridgehead atoms. The van der Waals surface area contributed by atoms with E-state index >= 15 is 0 Å². The van der Waals surface area contributed by atoms with Gasteiger partial charge in [-0.2, -0.15) is 0 Å². The van der Waals surface area contributed by atoms with Crippen molar-refractivity contribution in [1.29, 1.82) is 0 Å². The van der Waals surface area contributed by atoms with Crippen molar-refractivity contribution in [2.24, 2.45) is 5.73 Å². The summed E-state index contributed by atoms with van der Waals surface area (Å²) in [6.45, 7) is 1.64. The summed E-state index contributed by atoms with van der Waals surface area (Å²) in [4.78, 5) is 10.1. The summed E-state index contributed by atoms with van der Waals surface area (Å²) in [7, 11) is 0. The van der Waals surface area contributed by atoms with E-state index in [9.17, 15) is 0 Å². The molecule has 4 nitrogen and oxygen atoms in total. The lowest BCUT2D eigenvalue weighted by molar-refractivity contribution is 0.452. The molecule has 1 aliphatic heterocycles. The van der Waals surface area contributed by atoms with E-state index in [1.807, 2.05) is 0 Å². The Morgan fingerprint density at radius 3 is 3.08 bits per heavy atom. The first-order valence-electron chi connectivity index (χ1n) is 4.25. The molecule has 1 saturated heterocycles. The minimum Gasteiger partial charge on any atom is -0.351 e. The lowest BCUT2D eigenvalue weighted by Crippen LogP contribution is -2.52.